The lowest BCUT2D eigenvalue weighted by Crippen LogP contribution is -2.15. The fourth-order valence-electron chi connectivity index (χ4n) is 2.49. The summed E-state index contributed by atoms with van der Waals surface area (Å²) in [7, 11) is 0. The van der Waals surface area contributed by atoms with Gasteiger partial charge < -0.3 is 10.6 Å². The summed E-state index contributed by atoms with van der Waals surface area (Å²) in [5.74, 6) is -0.232. The predicted octanol–water partition coefficient (Wildman–Crippen LogP) is 3.37. The minimum absolute atomic E-state index is 0.111. The molecule has 2 amide bonds. The van der Waals surface area contributed by atoms with E-state index >= 15 is 0 Å². The number of nitrogens with one attached hydrogen (secondary N) is 2. The van der Waals surface area contributed by atoms with E-state index in [0.29, 0.717) is 11.4 Å². The zero-order chi connectivity index (χ0) is 16.9. The van der Waals surface area contributed by atoms with Crippen LogP contribution in [0.3, 0.4) is 0 Å². The zero-order valence-corrected chi connectivity index (χ0v) is 13.2. The van der Waals surface area contributed by atoms with Crippen LogP contribution in [-0.4, -0.2) is 16.8 Å². The van der Waals surface area contributed by atoms with Gasteiger partial charge in [-0.25, -0.2) is 0 Å². The molecule has 0 bridgehead atoms. The van der Waals surface area contributed by atoms with E-state index in [2.05, 4.69) is 15.6 Å². The molecule has 5 heteroatoms. The number of anilines is 2. The quantitative estimate of drug-likeness (QED) is 0.774. The number of amides is 2. The van der Waals surface area contributed by atoms with Crippen LogP contribution in [0.15, 0.2) is 60.8 Å². The van der Waals surface area contributed by atoms with Gasteiger partial charge in [0.05, 0.1) is 17.6 Å². The summed E-state index contributed by atoms with van der Waals surface area (Å²) >= 11 is 0. The molecular formula is C19H17N3O2. The molecule has 2 N–H and O–H groups in total. The number of fused-ring (bicyclic) bond motifs is 1. The number of hydrogen-bond acceptors (Lipinski definition) is 3. The molecule has 0 spiro atoms. The Morgan fingerprint density at radius 3 is 2.46 bits per heavy atom. The molecule has 1 heterocycles. The van der Waals surface area contributed by atoms with Gasteiger partial charge in [-0.05, 0) is 29.8 Å². The van der Waals surface area contributed by atoms with E-state index in [1.807, 2.05) is 42.5 Å². The molecule has 0 aliphatic rings. The molecule has 0 fully saturated rings. The number of pyridine rings is 1. The Hall–Kier alpha value is -3.21. The second-order valence-electron chi connectivity index (χ2n) is 5.48. The van der Waals surface area contributed by atoms with Crippen LogP contribution >= 0.6 is 0 Å². The maximum atomic E-state index is 12.3. The van der Waals surface area contributed by atoms with Gasteiger partial charge in [-0.1, -0.05) is 30.3 Å². The molecule has 3 rings (SSSR count). The van der Waals surface area contributed by atoms with Crippen molar-refractivity contribution in [2.45, 2.75) is 13.3 Å². The van der Waals surface area contributed by atoms with Crippen molar-refractivity contribution < 1.29 is 9.59 Å². The molecular weight excluding hydrogens is 302 g/mol. The molecule has 0 aliphatic carbocycles. The maximum Gasteiger partial charge on any atom is 0.228 e. The van der Waals surface area contributed by atoms with Crippen LogP contribution in [0.5, 0.6) is 0 Å². The first-order valence-electron chi connectivity index (χ1n) is 7.62. The van der Waals surface area contributed by atoms with Crippen LogP contribution in [0.25, 0.3) is 10.9 Å². The van der Waals surface area contributed by atoms with Crippen LogP contribution in [-0.2, 0) is 16.0 Å². The van der Waals surface area contributed by atoms with Crippen LogP contribution in [0, 0.1) is 0 Å². The summed E-state index contributed by atoms with van der Waals surface area (Å²) in [5.41, 5.74) is 3.06. The van der Waals surface area contributed by atoms with Crippen molar-refractivity contribution in [1.29, 1.82) is 0 Å². The van der Waals surface area contributed by atoms with E-state index in [1.54, 1.807) is 18.3 Å². The Morgan fingerprint density at radius 1 is 0.958 bits per heavy atom. The number of hydrogen-bond donors (Lipinski definition) is 2. The van der Waals surface area contributed by atoms with Crippen LogP contribution in [0.4, 0.5) is 11.4 Å². The van der Waals surface area contributed by atoms with Gasteiger partial charge in [0.1, 0.15) is 0 Å². The molecule has 5 nitrogen and oxygen atoms in total. The second kappa shape index (κ2) is 6.91. The highest BCUT2D eigenvalue weighted by Gasteiger charge is 2.08. The lowest BCUT2D eigenvalue weighted by Gasteiger charge is -2.08. The second-order valence-corrected chi connectivity index (χ2v) is 5.48. The number of nitrogens with zero attached hydrogens (tertiary/aromatic N) is 1. The molecule has 24 heavy (non-hydrogen) atoms. The van der Waals surface area contributed by atoms with Crippen LogP contribution < -0.4 is 10.6 Å². The zero-order valence-electron chi connectivity index (χ0n) is 13.2. The fourth-order valence-corrected chi connectivity index (χ4v) is 2.49. The van der Waals surface area contributed by atoms with Crippen LogP contribution in [0.1, 0.15) is 12.5 Å². The molecule has 120 valence electrons. The molecule has 0 unspecified atom stereocenters. The highest BCUT2D eigenvalue weighted by atomic mass is 16.2. The van der Waals surface area contributed by atoms with E-state index in [-0.39, 0.29) is 18.2 Å². The molecule has 0 saturated carbocycles. The molecule has 2 aromatic carbocycles. The molecule has 1 aromatic heterocycles. The monoisotopic (exact) mass is 319 g/mol. The van der Waals surface area contributed by atoms with Crippen molar-refractivity contribution in [2.24, 2.45) is 0 Å². The van der Waals surface area contributed by atoms with Gasteiger partial charge in [0, 0.05) is 24.2 Å². The predicted molar refractivity (Wildman–Crippen MR) is 94.8 cm³/mol. The maximum absolute atomic E-state index is 12.3. The van der Waals surface area contributed by atoms with Crippen molar-refractivity contribution in [3.05, 3.63) is 66.4 Å². The Labute approximate surface area is 139 Å². The van der Waals surface area contributed by atoms with E-state index in [9.17, 15) is 9.59 Å². The Balaban J connectivity index is 1.70. The van der Waals surface area contributed by atoms with Crippen molar-refractivity contribution in [2.75, 3.05) is 10.6 Å². The van der Waals surface area contributed by atoms with Crippen molar-refractivity contribution in [3.8, 4) is 0 Å². The van der Waals surface area contributed by atoms with Gasteiger partial charge in [-0.3, -0.25) is 14.6 Å². The van der Waals surface area contributed by atoms with Gasteiger partial charge in [-0.2, -0.15) is 0 Å². The number of aromatic nitrogens is 1. The number of rotatable bonds is 4. The van der Waals surface area contributed by atoms with Gasteiger partial charge in [0.25, 0.3) is 0 Å². The first kappa shape index (κ1) is 15.7. The SMILES string of the molecule is CC(=O)Nc1ccc(CC(=O)Nc2cccc3cccnc23)cc1. The highest BCUT2D eigenvalue weighted by molar-refractivity contribution is 6.00. The molecule has 3 aromatic rings. The molecule has 0 saturated heterocycles. The Bertz CT molecular complexity index is 883. The minimum atomic E-state index is -0.121. The first-order valence-corrected chi connectivity index (χ1v) is 7.62. The third-order valence-electron chi connectivity index (χ3n) is 3.55. The number of carbonyl (C=O) groups excluding carboxylic acids is 2. The van der Waals surface area contributed by atoms with Gasteiger partial charge >= 0.3 is 0 Å². The normalized spacial score (nSPS) is 10.4. The Kier molecular flexibility index (Phi) is 4.52. The summed E-state index contributed by atoms with van der Waals surface area (Å²) in [5, 5.41) is 6.59. The molecule has 0 atom stereocenters. The molecule has 0 aliphatic heterocycles. The van der Waals surface area contributed by atoms with Crippen molar-refractivity contribution in [3.63, 3.8) is 0 Å². The van der Waals surface area contributed by atoms with E-state index < -0.39 is 0 Å². The average Bonchev–Trinajstić information content (AvgIpc) is 2.56. The summed E-state index contributed by atoms with van der Waals surface area (Å²) in [6.45, 7) is 1.46. The summed E-state index contributed by atoms with van der Waals surface area (Å²) in [6, 6.07) is 16.7. The van der Waals surface area contributed by atoms with Crippen molar-refractivity contribution >= 4 is 34.1 Å². The smallest absolute Gasteiger partial charge is 0.228 e. The number of carbonyl (C=O) groups is 2. The Morgan fingerprint density at radius 2 is 1.71 bits per heavy atom. The number of para-hydroxylation sites is 1. The number of benzene rings is 2. The third-order valence-corrected chi connectivity index (χ3v) is 3.55. The van der Waals surface area contributed by atoms with Gasteiger partial charge in [-0.15, -0.1) is 0 Å². The largest absolute Gasteiger partial charge is 0.326 e. The highest BCUT2D eigenvalue weighted by Crippen LogP contribution is 2.21. The lowest BCUT2D eigenvalue weighted by molar-refractivity contribution is -0.116. The van der Waals surface area contributed by atoms with E-state index in [1.165, 1.54) is 6.92 Å². The average molecular weight is 319 g/mol. The first-order chi connectivity index (χ1) is 11.6. The van der Waals surface area contributed by atoms with E-state index in [0.717, 1.165) is 16.5 Å². The summed E-state index contributed by atoms with van der Waals surface area (Å²) < 4.78 is 0. The van der Waals surface area contributed by atoms with E-state index in [4.69, 9.17) is 0 Å². The minimum Gasteiger partial charge on any atom is -0.326 e. The van der Waals surface area contributed by atoms with Gasteiger partial charge in [0.15, 0.2) is 0 Å². The summed E-state index contributed by atoms with van der Waals surface area (Å²) in [4.78, 5) is 27.6. The summed E-state index contributed by atoms with van der Waals surface area (Å²) in [6.07, 6.45) is 1.96. The molecule has 0 radical (unpaired) electrons. The topological polar surface area (TPSA) is 71.1 Å². The fraction of sp³-hybridized carbons (Fsp3) is 0.105. The van der Waals surface area contributed by atoms with Crippen molar-refractivity contribution in [1.82, 2.24) is 4.98 Å². The third kappa shape index (κ3) is 3.76. The van der Waals surface area contributed by atoms with Crippen LogP contribution in [0.2, 0.25) is 0 Å². The van der Waals surface area contributed by atoms with Gasteiger partial charge in [0.2, 0.25) is 11.8 Å². The standard InChI is InChI=1S/C19H17N3O2/c1-13(23)21-16-9-7-14(8-10-16)12-18(24)22-17-6-2-4-15-5-3-11-20-19(15)17/h2-11H,12H2,1H3,(H,21,23)(H,22,24). The lowest BCUT2D eigenvalue weighted by atomic mass is 10.1.